The molecule has 0 bridgehead atoms. The van der Waals surface area contributed by atoms with E-state index in [0.717, 1.165) is 5.56 Å². The van der Waals surface area contributed by atoms with E-state index in [9.17, 15) is 9.50 Å². The maximum absolute atomic E-state index is 12.5. The van der Waals surface area contributed by atoms with E-state index in [1.54, 1.807) is 12.1 Å². The Balaban J connectivity index is 2.42. The predicted octanol–water partition coefficient (Wildman–Crippen LogP) is 0.363. The second-order valence-corrected chi connectivity index (χ2v) is 3.31. The lowest BCUT2D eigenvalue weighted by atomic mass is 10.1. The summed E-state index contributed by atoms with van der Waals surface area (Å²) in [6.45, 7) is 0. The smallest absolute Gasteiger partial charge is 0.123 e. The van der Waals surface area contributed by atoms with E-state index in [4.69, 9.17) is 11.5 Å². The number of rotatable bonds is 4. The molecule has 1 unspecified atom stereocenters. The van der Waals surface area contributed by atoms with Crippen molar-refractivity contribution in [3.8, 4) is 0 Å². The minimum Gasteiger partial charge on any atom is -0.390 e. The van der Waals surface area contributed by atoms with E-state index in [1.807, 2.05) is 0 Å². The van der Waals surface area contributed by atoms with Crippen molar-refractivity contribution in [3.63, 3.8) is 0 Å². The van der Waals surface area contributed by atoms with Crippen LogP contribution in [0.1, 0.15) is 12.0 Å². The van der Waals surface area contributed by atoms with Gasteiger partial charge < -0.3 is 16.6 Å². The van der Waals surface area contributed by atoms with Gasteiger partial charge in [-0.1, -0.05) is 12.1 Å². The predicted molar refractivity (Wildman–Crippen MR) is 52.9 cm³/mol. The fourth-order valence-electron chi connectivity index (χ4n) is 1.16. The quantitative estimate of drug-likeness (QED) is 0.612. The van der Waals surface area contributed by atoms with Crippen LogP contribution in [0.3, 0.4) is 0 Å². The van der Waals surface area contributed by atoms with Crippen molar-refractivity contribution in [2.75, 3.05) is 0 Å². The second-order valence-electron chi connectivity index (χ2n) is 3.31. The van der Waals surface area contributed by atoms with Crippen molar-refractivity contribution < 1.29 is 9.50 Å². The first-order chi connectivity index (χ1) is 6.59. The Bertz CT molecular complexity index is 274. The SMILES string of the molecule is NC(N)C(O)CCc1ccc(F)cc1. The van der Waals surface area contributed by atoms with E-state index >= 15 is 0 Å². The summed E-state index contributed by atoms with van der Waals surface area (Å²) in [4.78, 5) is 0. The summed E-state index contributed by atoms with van der Waals surface area (Å²) in [5.74, 6) is -0.259. The Morgan fingerprint density at radius 3 is 2.29 bits per heavy atom. The molecular formula is C10H15FN2O. The molecule has 1 aromatic carbocycles. The molecule has 1 rings (SSSR count). The lowest BCUT2D eigenvalue weighted by molar-refractivity contribution is 0.137. The number of aliphatic hydroxyl groups excluding tert-OH is 1. The molecule has 0 heterocycles. The summed E-state index contributed by atoms with van der Waals surface area (Å²) in [6.07, 6.45) is -0.286. The standard InChI is InChI=1S/C10H15FN2O/c11-8-4-1-7(2-5-8)3-6-9(14)10(12)13/h1-2,4-5,9-10,14H,3,6,12-13H2. The van der Waals surface area contributed by atoms with Crippen molar-refractivity contribution in [2.24, 2.45) is 11.5 Å². The third kappa shape index (κ3) is 3.41. The lowest BCUT2D eigenvalue weighted by Gasteiger charge is -2.13. The van der Waals surface area contributed by atoms with Gasteiger partial charge in [0, 0.05) is 0 Å². The summed E-state index contributed by atoms with van der Waals surface area (Å²) in [5, 5.41) is 9.32. The van der Waals surface area contributed by atoms with Crippen molar-refractivity contribution in [1.82, 2.24) is 0 Å². The van der Waals surface area contributed by atoms with Crippen molar-refractivity contribution >= 4 is 0 Å². The molecule has 14 heavy (non-hydrogen) atoms. The molecule has 0 saturated heterocycles. The fraction of sp³-hybridized carbons (Fsp3) is 0.400. The maximum Gasteiger partial charge on any atom is 0.123 e. The number of hydrogen-bond donors (Lipinski definition) is 3. The Hall–Kier alpha value is -0.970. The van der Waals surface area contributed by atoms with Crippen LogP contribution in [0.15, 0.2) is 24.3 Å². The highest BCUT2D eigenvalue weighted by atomic mass is 19.1. The van der Waals surface area contributed by atoms with Gasteiger partial charge in [0.1, 0.15) is 5.82 Å². The number of hydrogen-bond acceptors (Lipinski definition) is 3. The van der Waals surface area contributed by atoms with Gasteiger partial charge in [0.2, 0.25) is 0 Å². The topological polar surface area (TPSA) is 72.3 Å². The van der Waals surface area contributed by atoms with Crippen LogP contribution in [-0.2, 0) is 6.42 Å². The Morgan fingerprint density at radius 1 is 1.21 bits per heavy atom. The van der Waals surface area contributed by atoms with Crippen molar-refractivity contribution in [2.45, 2.75) is 25.1 Å². The molecule has 78 valence electrons. The summed E-state index contributed by atoms with van der Waals surface area (Å²) in [7, 11) is 0. The van der Waals surface area contributed by atoms with Gasteiger partial charge in [-0.25, -0.2) is 4.39 Å². The van der Waals surface area contributed by atoms with Crippen LogP contribution in [0.25, 0.3) is 0 Å². The first kappa shape index (κ1) is 11.1. The average molecular weight is 198 g/mol. The number of nitrogens with two attached hydrogens (primary N) is 2. The second kappa shape index (κ2) is 5.05. The van der Waals surface area contributed by atoms with Crippen LogP contribution >= 0.6 is 0 Å². The Labute approximate surface area is 82.5 Å². The van der Waals surface area contributed by atoms with E-state index in [0.29, 0.717) is 12.8 Å². The third-order valence-corrected chi connectivity index (χ3v) is 2.09. The molecule has 4 heteroatoms. The minimum atomic E-state index is -0.713. The summed E-state index contributed by atoms with van der Waals surface area (Å²) in [5.41, 5.74) is 11.5. The largest absolute Gasteiger partial charge is 0.390 e. The molecule has 5 N–H and O–H groups in total. The zero-order valence-electron chi connectivity index (χ0n) is 7.86. The molecule has 0 aliphatic heterocycles. The summed E-state index contributed by atoms with van der Waals surface area (Å²) < 4.78 is 12.5. The highest BCUT2D eigenvalue weighted by Crippen LogP contribution is 2.07. The van der Waals surface area contributed by atoms with Gasteiger partial charge >= 0.3 is 0 Å². The van der Waals surface area contributed by atoms with E-state index in [-0.39, 0.29) is 5.82 Å². The molecule has 0 saturated carbocycles. The van der Waals surface area contributed by atoms with Crippen LogP contribution in [0.4, 0.5) is 4.39 Å². The summed E-state index contributed by atoms with van der Waals surface area (Å²) in [6, 6.07) is 6.16. The number of aliphatic hydroxyl groups is 1. The van der Waals surface area contributed by atoms with E-state index < -0.39 is 12.3 Å². The number of aryl methyl sites for hydroxylation is 1. The van der Waals surface area contributed by atoms with Crippen molar-refractivity contribution in [3.05, 3.63) is 35.6 Å². The van der Waals surface area contributed by atoms with Crippen LogP contribution in [-0.4, -0.2) is 17.4 Å². The molecular weight excluding hydrogens is 183 g/mol. The van der Waals surface area contributed by atoms with Crippen molar-refractivity contribution in [1.29, 1.82) is 0 Å². The molecule has 0 fully saturated rings. The zero-order valence-corrected chi connectivity index (χ0v) is 7.86. The summed E-state index contributed by atoms with van der Waals surface area (Å²) >= 11 is 0. The monoisotopic (exact) mass is 198 g/mol. The van der Waals surface area contributed by atoms with Gasteiger partial charge in [0.15, 0.2) is 0 Å². The molecule has 0 spiro atoms. The van der Waals surface area contributed by atoms with Gasteiger partial charge in [-0.15, -0.1) is 0 Å². The lowest BCUT2D eigenvalue weighted by Crippen LogP contribution is -2.42. The van der Waals surface area contributed by atoms with Gasteiger partial charge in [-0.05, 0) is 30.5 Å². The van der Waals surface area contributed by atoms with Crippen LogP contribution in [0.5, 0.6) is 0 Å². The average Bonchev–Trinajstić information content (AvgIpc) is 2.16. The molecule has 0 aliphatic carbocycles. The Morgan fingerprint density at radius 2 is 1.79 bits per heavy atom. The fourth-order valence-corrected chi connectivity index (χ4v) is 1.16. The van der Waals surface area contributed by atoms with Gasteiger partial charge in [-0.2, -0.15) is 0 Å². The first-order valence-electron chi connectivity index (χ1n) is 4.53. The minimum absolute atomic E-state index is 0.259. The van der Waals surface area contributed by atoms with E-state index in [2.05, 4.69) is 0 Å². The maximum atomic E-state index is 12.5. The molecule has 1 atom stereocenters. The molecule has 0 aromatic heterocycles. The molecule has 0 radical (unpaired) electrons. The molecule has 3 nitrogen and oxygen atoms in total. The highest BCUT2D eigenvalue weighted by molar-refractivity contribution is 5.16. The van der Waals surface area contributed by atoms with Crippen LogP contribution < -0.4 is 11.5 Å². The van der Waals surface area contributed by atoms with E-state index in [1.165, 1.54) is 12.1 Å². The molecule has 1 aromatic rings. The van der Waals surface area contributed by atoms with Gasteiger partial charge in [-0.3, -0.25) is 0 Å². The highest BCUT2D eigenvalue weighted by Gasteiger charge is 2.09. The van der Waals surface area contributed by atoms with Crippen LogP contribution in [0.2, 0.25) is 0 Å². The normalized spacial score (nSPS) is 13.2. The Kier molecular flexibility index (Phi) is 4.00. The molecule has 0 amide bonds. The third-order valence-electron chi connectivity index (χ3n) is 2.09. The van der Waals surface area contributed by atoms with Gasteiger partial charge in [0.25, 0.3) is 0 Å². The van der Waals surface area contributed by atoms with Gasteiger partial charge in [0.05, 0.1) is 12.3 Å². The van der Waals surface area contributed by atoms with Crippen LogP contribution in [0, 0.1) is 5.82 Å². The number of benzene rings is 1. The molecule has 0 aliphatic rings. The zero-order chi connectivity index (χ0) is 10.6. The first-order valence-corrected chi connectivity index (χ1v) is 4.53. The number of halogens is 1.